The summed E-state index contributed by atoms with van der Waals surface area (Å²) < 4.78 is 52.0. The number of sulfonamides is 1. The van der Waals surface area contributed by atoms with Gasteiger partial charge in [0.25, 0.3) is 10.0 Å². The van der Waals surface area contributed by atoms with Crippen LogP contribution < -0.4 is 9.04 Å². The van der Waals surface area contributed by atoms with Gasteiger partial charge in [-0.05, 0) is 45.2 Å². The molecule has 0 N–H and O–H groups in total. The molecule has 0 fully saturated rings. The summed E-state index contributed by atoms with van der Waals surface area (Å²) in [5, 5.41) is 1.37. The summed E-state index contributed by atoms with van der Waals surface area (Å²) in [7, 11) is -4.61. The number of halogens is 1. The van der Waals surface area contributed by atoms with E-state index in [1.165, 1.54) is 10.9 Å². The number of ether oxygens (including phenoxy) is 2. The largest absolute Gasteiger partial charge is 0.493 e. The molecule has 10 heteroatoms. The number of nitrogens with zero attached hydrogens (tertiary/aromatic N) is 2. The Bertz CT molecular complexity index is 952. The first-order chi connectivity index (χ1) is 12.6. The Kier molecular flexibility index (Phi) is 5.13. The zero-order valence-electron chi connectivity index (χ0n) is 15.1. The molecule has 1 aromatic heterocycles. The van der Waals surface area contributed by atoms with Gasteiger partial charge in [0.1, 0.15) is 22.1 Å². The van der Waals surface area contributed by atoms with E-state index in [-0.39, 0.29) is 5.82 Å². The van der Waals surface area contributed by atoms with Crippen molar-refractivity contribution in [1.82, 2.24) is 4.98 Å². The monoisotopic (exact) mass is 414 g/mol. The molecular formula is C17H19FN2O5S2. The lowest BCUT2D eigenvalue weighted by Crippen LogP contribution is -2.41. The maximum atomic E-state index is 14.6. The molecule has 0 atom stereocenters. The molecule has 146 valence electrons. The van der Waals surface area contributed by atoms with Gasteiger partial charge in [0, 0.05) is 11.4 Å². The Balaban J connectivity index is 2.10. The van der Waals surface area contributed by atoms with Gasteiger partial charge in [-0.2, -0.15) is 0 Å². The van der Waals surface area contributed by atoms with Crippen LogP contribution >= 0.6 is 11.3 Å². The van der Waals surface area contributed by atoms with E-state index in [4.69, 9.17) is 9.47 Å². The number of carbonyl (C=O) groups excluding carboxylic acids is 1. The summed E-state index contributed by atoms with van der Waals surface area (Å²) in [6, 6.07) is 2.25. The number of rotatable bonds is 3. The van der Waals surface area contributed by atoms with Crippen molar-refractivity contribution in [2.75, 3.05) is 10.9 Å². The summed E-state index contributed by atoms with van der Waals surface area (Å²) in [6.45, 7) is 5.22. The van der Waals surface area contributed by atoms with E-state index in [2.05, 4.69) is 4.98 Å². The van der Waals surface area contributed by atoms with Crippen molar-refractivity contribution < 1.29 is 27.1 Å². The van der Waals surface area contributed by atoms with Crippen LogP contribution in [0, 0.1) is 5.82 Å². The van der Waals surface area contributed by atoms with Crippen LogP contribution in [0.25, 0.3) is 0 Å². The molecule has 1 amide bonds. The minimum absolute atomic E-state index is 0.160. The third-order valence-electron chi connectivity index (χ3n) is 3.67. The molecule has 27 heavy (non-hydrogen) atoms. The Morgan fingerprint density at radius 1 is 1.37 bits per heavy atom. The van der Waals surface area contributed by atoms with Crippen LogP contribution in [0.3, 0.4) is 0 Å². The maximum absolute atomic E-state index is 14.6. The molecule has 0 bridgehead atoms. The fourth-order valence-electron chi connectivity index (χ4n) is 2.57. The molecule has 0 saturated carbocycles. The molecule has 0 unspecified atom stereocenters. The second-order valence-corrected chi connectivity index (χ2v) is 9.41. The van der Waals surface area contributed by atoms with E-state index in [1.54, 1.807) is 20.8 Å². The minimum atomic E-state index is -4.61. The van der Waals surface area contributed by atoms with Crippen LogP contribution in [0.5, 0.6) is 5.75 Å². The number of carbonyl (C=O) groups is 1. The summed E-state index contributed by atoms with van der Waals surface area (Å²) in [5.41, 5.74) is 1.02. The standard InChI is InChI=1S/C17H19FN2O5S2/c1-17(2,3)25-16(21)20(15-9-26-10-19-15)27(22,23)14-8-13-11(7-12(14)18)5-4-6-24-13/h7-10H,4-6H2,1-3H3. The lowest BCUT2D eigenvalue weighted by atomic mass is 10.1. The van der Waals surface area contributed by atoms with Gasteiger partial charge in [-0.1, -0.05) is 0 Å². The van der Waals surface area contributed by atoms with Gasteiger partial charge in [0.15, 0.2) is 5.82 Å². The quantitative estimate of drug-likeness (QED) is 0.761. The average Bonchev–Trinajstić information content (AvgIpc) is 3.06. The fraction of sp³-hybridized carbons (Fsp3) is 0.412. The van der Waals surface area contributed by atoms with Gasteiger partial charge in [0.2, 0.25) is 0 Å². The number of amides is 1. The first kappa shape index (κ1) is 19.6. The van der Waals surface area contributed by atoms with Crippen LogP contribution in [0.4, 0.5) is 15.0 Å². The number of anilines is 1. The summed E-state index contributed by atoms with van der Waals surface area (Å²) in [4.78, 5) is 15.8. The molecule has 1 aromatic carbocycles. The van der Waals surface area contributed by atoms with Crippen molar-refractivity contribution in [2.24, 2.45) is 0 Å². The normalized spacial score (nSPS) is 14.2. The highest BCUT2D eigenvalue weighted by molar-refractivity contribution is 7.93. The molecule has 1 aliphatic rings. The minimum Gasteiger partial charge on any atom is -0.493 e. The van der Waals surface area contributed by atoms with E-state index >= 15 is 0 Å². The molecule has 1 aliphatic heterocycles. The third kappa shape index (κ3) is 4.06. The van der Waals surface area contributed by atoms with Gasteiger partial charge in [0.05, 0.1) is 12.1 Å². The SMILES string of the molecule is CC(C)(C)OC(=O)N(c1cscn1)S(=O)(=O)c1cc2c(cc1F)CCCO2. The van der Waals surface area contributed by atoms with Crippen molar-refractivity contribution >= 4 is 33.3 Å². The Morgan fingerprint density at radius 2 is 2.11 bits per heavy atom. The predicted octanol–water partition coefficient (Wildman–Crippen LogP) is 3.74. The molecule has 3 rings (SSSR count). The van der Waals surface area contributed by atoms with E-state index in [9.17, 15) is 17.6 Å². The molecule has 7 nitrogen and oxygen atoms in total. The Morgan fingerprint density at radius 3 is 2.74 bits per heavy atom. The van der Waals surface area contributed by atoms with Crippen molar-refractivity contribution in [3.05, 3.63) is 34.4 Å². The van der Waals surface area contributed by atoms with E-state index in [1.807, 2.05) is 0 Å². The summed E-state index contributed by atoms with van der Waals surface area (Å²) in [6.07, 6.45) is 0.155. The van der Waals surface area contributed by atoms with Crippen molar-refractivity contribution in [1.29, 1.82) is 0 Å². The maximum Gasteiger partial charge on any atom is 0.430 e. The van der Waals surface area contributed by atoms with Crippen LogP contribution in [0.15, 0.2) is 27.9 Å². The summed E-state index contributed by atoms with van der Waals surface area (Å²) >= 11 is 1.10. The van der Waals surface area contributed by atoms with Crippen molar-refractivity contribution in [3.8, 4) is 5.75 Å². The highest BCUT2D eigenvalue weighted by atomic mass is 32.2. The topological polar surface area (TPSA) is 85.8 Å². The average molecular weight is 414 g/mol. The number of hydrogen-bond acceptors (Lipinski definition) is 7. The van der Waals surface area contributed by atoms with E-state index < -0.39 is 32.4 Å². The number of aromatic nitrogens is 1. The van der Waals surface area contributed by atoms with Gasteiger partial charge < -0.3 is 9.47 Å². The number of aryl methyl sites for hydroxylation is 1. The van der Waals surface area contributed by atoms with E-state index in [0.29, 0.717) is 28.6 Å². The van der Waals surface area contributed by atoms with Gasteiger partial charge >= 0.3 is 6.09 Å². The lowest BCUT2D eigenvalue weighted by molar-refractivity contribution is 0.0608. The van der Waals surface area contributed by atoms with E-state index in [0.717, 1.165) is 29.9 Å². The number of fused-ring (bicyclic) bond motifs is 1. The van der Waals surface area contributed by atoms with Crippen LogP contribution in [0.2, 0.25) is 0 Å². The zero-order chi connectivity index (χ0) is 19.8. The molecular weight excluding hydrogens is 395 g/mol. The van der Waals surface area contributed by atoms with Crippen LogP contribution in [-0.2, 0) is 21.2 Å². The number of hydrogen-bond donors (Lipinski definition) is 0. The van der Waals surface area contributed by atoms with Gasteiger partial charge in [-0.25, -0.2) is 22.6 Å². The molecule has 2 aromatic rings. The van der Waals surface area contributed by atoms with Gasteiger partial charge in [-0.3, -0.25) is 0 Å². The highest BCUT2D eigenvalue weighted by Crippen LogP contribution is 2.33. The second kappa shape index (κ2) is 7.08. The fourth-order valence-corrected chi connectivity index (χ4v) is 4.49. The first-order valence-corrected chi connectivity index (χ1v) is 10.6. The number of thiazole rings is 1. The van der Waals surface area contributed by atoms with Gasteiger partial charge in [-0.15, -0.1) is 15.6 Å². The Labute approximate surface area is 160 Å². The molecule has 0 radical (unpaired) electrons. The lowest BCUT2D eigenvalue weighted by Gasteiger charge is -2.26. The molecule has 2 heterocycles. The molecule has 0 aliphatic carbocycles. The van der Waals surface area contributed by atoms with Crippen molar-refractivity contribution in [3.63, 3.8) is 0 Å². The van der Waals surface area contributed by atoms with Crippen LogP contribution in [-0.4, -0.2) is 31.7 Å². The second-order valence-electron chi connectivity index (χ2n) is 6.94. The molecule has 0 saturated heterocycles. The first-order valence-electron chi connectivity index (χ1n) is 8.21. The van der Waals surface area contributed by atoms with Crippen LogP contribution in [0.1, 0.15) is 32.8 Å². The zero-order valence-corrected chi connectivity index (χ0v) is 16.7. The predicted molar refractivity (Wildman–Crippen MR) is 98.2 cm³/mol. The number of benzene rings is 1. The highest BCUT2D eigenvalue weighted by Gasteiger charge is 2.38. The molecule has 0 spiro atoms. The Hall–Kier alpha value is -2.20. The third-order valence-corrected chi connectivity index (χ3v) is 5.93. The smallest absolute Gasteiger partial charge is 0.430 e. The summed E-state index contributed by atoms with van der Waals surface area (Å²) in [5.74, 6) is -0.820. The van der Waals surface area contributed by atoms with Crippen molar-refractivity contribution in [2.45, 2.75) is 44.1 Å².